The summed E-state index contributed by atoms with van der Waals surface area (Å²) in [5, 5.41) is 18.3. The molecule has 4 rings (SSSR count). The molecule has 6 nitrogen and oxygen atoms in total. The number of amides is 1. The minimum absolute atomic E-state index is 0.217. The van der Waals surface area contributed by atoms with Crippen molar-refractivity contribution < 1.29 is 9.53 Å². The topological polar surface area (TPSA) is 100 Å². The third-order valence-corrected chi connectivity index (χ3v) is 6.36. The first-order valence-electron chi connectivity index (χ1n) is 10.2. The Balaban J connectivity index is 1.57. The number of ether oxygens (including phenoxy) is 1. The Hall–Kier alpha value is -3.18. The number of carbonyl (C=O) groups excluding carboxylic acids is 1. The number of thiophene rings is 1. The predicted octanol–water partition coefficient (Wildman–Crippen LogP) is 3.29. The van der Waals surface area contributed by atoms with Crippen LogP contribution in [0.1, 0.15) is 22.4 Å². The molecule has 3 aromatic rings. The molecule has 0 bridgehead atoms. The molecule has 7 heteroatoms. The van der Waals surface area contributed by atoms with Crippen molar-refractivity contribution in [3.05, 3.63) is 82.0 Å². The van der Waals surface area contributed by atoms with Gasteiger partial charge >= 0.3 is 0 Å². The molecule has 1 amide bonds. The van der Waals surface area contributed by atoms with Crippen LogP contribution in [0.25, 0.3) is 0 Å². The summed E-state index contributed by atoms with van der Waals surface area (Å²) in [7, 11) is 0. The summed E-state index contributed by atoms with van der Waals surface area (Å²) in [6.45, 7) is 1.28. The number of nitrogens with two attached hydrogens (primary N) is 1. The van der Waals surface area contributed by atoms with Gasteiger partial charge in [0, 0.05) is 17.8 Å². The summed E-state index contributed by atoms with van der Waals surface area (Å²) in [4.78, 5) is 14.0. The van der Waals surface area contributed by atoms with Gasteiger partial charge in [-0.3, -0.25) is 4.79 Å². The standard InChI is InChI=1S/C24H24N4O2S/c25-15-17-13-19(30-18-5-2-1-3-6-18)8-9-21(17)24(10-11-27-16-24)28-23(29)22(26)14-20-7-4-12-31-20/h1-9,12-13,22,27H,10-11,14,16,26H2,(H,28,29)/t22-,24+/m0/s1. The first-order valence-corrected chi connectivity index (χ1v) is 11.1. The summed E-state index contributed by atoms with van der Waals surface area (Å²) in [5.74, 6) is 1.06. The highest BCUT2D eigenvalue weighted by Gasteiger charge is 2.40. The Bertz CT molecular complexity index is 1070. The smallest absolute Gasteiger partial charge is 0.238 e. The lowest BCUT2D eigenvalue weighted by Gasteiger charge is -2.32. The highest BCUT2D eigenvalue weighted by molar-refractivity contribution is 7.09. The highest BCUT2D eigenvalue weighted by Crippen LogP contribution is 2.33. The van der Waals surface area contributed by atoms with E-state index in [-0.39, 0.29) is 5.91 Å². The predicted molar refractivity (Wildman–Crippen MR) is 121 cm³/mol. The average molecular weight is 433 g/mol. The van der Waals surface area contributed by atoms with E-state index in [4.69, 9.17) is 10.5 Å². The maximum absolute atomic E-state index is 12.9. The molecule has 31 heavy (non-hydrogen) atoms. The van der Waals surface area contributed by atoms with Crippen molar-refractivity contribution in [2.45, 2.75) is 24.4 Å². The molecule has 2 heterocycles. The van der Waals surface area contributed by atoms with E-state index in [1.54, 1.807) is 17.4 Å². The fourth-order valence-electron chi connectivity index (χ4n) is 3.88. The Labute approximate surface area is 185 Å². The normalized spacial score (nSPS) is 18.8. The van der Waals surface area contributed by atoms with Crippen LogP contribution in [-0.4, -0.2) is 25.0 Å². The van der Waals surface area contributed by atoms with Crippen LogP contribution in [0.5, 0.6) is 11.5 Å². The zero-order chi connectivity index (χ0) is 21.7. The van der Waals surface area contributed by atoms with Crippen LogP contribution in [0.3, 0.4) is 0 Å². The number of nitrogens with zero attached hydrogens (tertiary/aromatic N) is 1. The average Bonchev–Trinajstić information content (AvgIpc) is 3.47. The van der Waals surface area contributed by atoms with E-state index in [0.29, 0.717) is 36.4 Å². The Morgan fingerprint density at radius 1 is 1.23 bits per heavy atom. The molecule has 1 fully saturated rings. The zero-order valence-corrected chi connectivity index (χ0v) is 17.8. The van der Waals surface area contributed by atoms with Crippen molar-refractivity contribution in [3.8, 4) is 17.6 Å². The highest BCUT2D eigenvalue weighted by atomic mass is 32.1. The molecule has 4 N–H and O–H groups in total. The fraction of sp³-hybridized carbons (Fsp3) is 0.250. The van der Waals surface area contributed by atoms with Gasteiger partial charge in [0.25, 0.3) is 0 Å². The van der Waals surface area contributed by atoms with Gasteiger partial charge in [-0.2, -0.15) is 5.26 Å². The lowest BCUT2D eigenvalue weighted by Crippen LogP contribution is -2.53. The van der Waals surface area contributed by atoms with E-state index in [0.717, 1.165) is 17.0 Å². The number of hydrogen-bond donors (Lipinski definition) is 3. The lowest BCUT2D eigenvalue weighted by atomic mass is 9.85. The molecule has 0 saturated carbocycles. The monoisotopic (exact) mass is 432 g/mol. The van der Waals surface area contributed by atoms with Gasteiger partial charge in [-0.1, -0.05) is 30.3 Å². The first-order chi connectivity index (χ1) is 15.1. The molecule has 0 spiro atoms. The molecular formula is C24H24N4O2S. The minimum atomic E-state index is -0.680. The molecule has 1 aromatic heterocycles. The summed E-state index contributed by atoms with van der Waals surface area (Å²) in [6, 6.07) is 20.4. The van der Waals surface area contributed by atoms with Gasteiger partial charge in [-0.25, -0.2) is 0 Å². The van der Waals surface area contributed by atoms with Crippen LogP contribution in [0.4, 0.5) is 0 Å². The number of benzene rings is 2. The minimum Gasteiger partial charge on any atom is -0.457 e. The van der Waals surface area contributed by atoms with E-state index in [1.807, 2.05) is 60.0 Å². The SMILES string of the molecule is N#Cc1cc(Oc2ccccc2)ccc1[C@@]1(NC(=O)[C@@H](N)Cc2cccs2)CCNC1. The number of nitriles is 1. The quantitative estimate of drug-likeness (QED) is 0.532. The maximum atomic E-state index is 12.9. The molecule has 1 aliphatic heterocycles. The van der Waals surface area contributed by atoms with E-state index < -0.39 is 11.6 Å². The molecule has 0 aliphatic carbocycles. The van der Waals surface area contributed by atoms with Crippen LogP contribution in [0, 0.1) is 11.3 Å². The second-order valence-corrected chi connectivity index (χ2v) is 8.65. The van der Waals surface area contributed by atoms with Crippen molar-refractivity contribution in [1.29, 1.82) is 5.26 Å². The van der Waals surface area contributed by atoms with E-state index in [1.165, 1.54) is 0 Å². The largest absolute Gasteiger partial charge is 0.457 e. The molecule has 158 valence electrons. The molecule has 0 radical (unpaired) electrons. The van der Waals surface area contributed by atoms with Gasteiger partial charge in [0.15, 0.2) is 0 Å². The number of nitrogens with one attached hydrogen (secondary N) is 2. The maximum Gasteiger partial charge on any atom is 0.238 e. The lowest BCUT2D eigenvalue weighted by molar-refractivity contribution is -0.124. The van der Waals surface area contributed by atoms with Crippen molar-refractivity contribution in [2.75, 3.05) is 13.1 Å². The fourth-order valence-corrected chi connectivity index (χ4v) is 4.65. The van der Waals surface area contributed by atoms with Gasteiger partial charge in [0.05, 0.1) is 23.2 Å². The molecule has 2 atom stereocenters. The molecule has 0 unspecified atom stereocenters. The van der Waals surface area contributed by atoms with Crippen LogP contribution in [0.2, 0.25) is 0 Å². The van der Waals surface area contributed by atoms with Crippen molar-refractivity contribution in [3.63, 3.8) is 0 Å². The Kier molecular flexibility index (Phi) is 6.33. The summed E-state index contributed by atoms with van der Waals surface area (Å²) < 4.78 is 5.88. The summed E-state index contributed by atoms with van der Waals surface area (Å²) in [6.07, 6.45) is 1.17. The number of para-hydroxylation sites is 1. The van der Waals surface area contributed by atoms with E-state index in [9.17, 15) is 10.1 Å². The van der Waals surface area contributed by atoms with Crippen LogP contribution >= 0.6 is 11.3 Å². The number of rotatable bonds is 7. The van der Waals surface area contributed by atoms with Gasteiger partial charge < -0.3 is 21.1 Å². The molecule has 1 saturated heterocycles. The van der Waals surface area contributed by atoms with Gasteiger partial charge in [0.1, 0.15) is 11.5 Å². The third kappa shape index (κ3) is 4.78. The van der Waals surface area contributed by atoms with Crippen molar-refractivity contribution in [2.24, 2.45) is 5.73 Å². The molecule has 2 aromatic carbocycles. The van der Waals surface area contributed by atoms with Crippen LogP contribution in [0.15, 0.2) is 66.0 Å². The Morgan fingerprint density at radius 2 is 2.06 bits per heavy atom. The molecule has 1 aliphatic rings. The number of hydrogen-bond acceptors (Lipinski definition) is 6. The second-order valence-electron chi connectivity index (χ2n) is 7.62. The van der Waals surface area contributed by atoms with E-state index >= 15 is 0 Å². The number of carbonyl (C=O) groups is 1. The van der Waals surface area contributed by atoms with E-state index in [2.05, 4.69) is 16.7 Å². The summed E-state index contributed by atoms with van der Waals surface area (Å²) in [5.41, 5.74) is 6.76. The summed E-state index contributed by atoms with van der Waals surface area (Å²) >= 11 is 1.59. The van der Waals surface area contributed by atoms with Crippen molar-refractivity contribution in [1.82, 2.24) is 10.6 Å². The van der Waals surface area contributed by atoms with Gasteiger partial charge in [-0.05, 0) is 54.2 Å². The Morgan fingerprint density at radius 3 is 2.74 bits per heavy atom. The molecular weight excluding hydrogens is 408 g/mol. The van der Waals surface area contributed by atoms with Gasteiger partial charge in [-0.15, -0.1) is 11.3 Å². The zero-order valence-electron chi connectivity index (χ0n) is 17.0. The third-order valence-electron chi connectivity index (χ3n) is 5.46. The van der Waals surface area contributed by atoms with Crippen LogP contribution < -0.4 is 21.1 Å². The van der Waals surface area contributed by atoms with Gasteiger partial charge in [0.2, 0.25) is 5.91 Å². The second kappa shape index (κ2) is 9.31. The van der Waals surface area contributed by atoms with Crippen molar-refractivity contribution >= 4 is 17.2 Å². The van der Waals surface area contributed by atoms with Crippen LogP contribution in [-0.2, 0) is 16.8 Å². The first kappa shape index (κ1) is 21.1.